The van der Waals surface area contributed by atoms with Crippen LogP contribution in [-0.4, -0.2) is 50.2 Å². The maximum atomic E-state index is 12.3. The number of carbonyl (C=O) groups is 1. The Bertz CT molecular complexity index is 507. The number of hydrogen-bond donors (Lipinski definition) is 1. The van der Waals surface area contributed by atoms with E-state index < -0.39 is 0 Å². The summed E-state index contributed by atoms with van der Waals surface area (Å²) in [6, 6.07) is 8.66. The Morgan fingerprint density at radius 1 is 1.20 bits per heavy atom. The maximum absolute atomic E-state index is 12.3. The first-order valence-electron chi connectivity index (χ1n) is 9.77. The molecule has 1 aliphatic carbocycles. The zero-order valence-corrected chi connectivity index (χ0v) is 16.1. The Labute approximate surface area is 152 Å². The van der Waals surface area contributed by atoms with Gasteiger partial charge >= 0.3 is 0 Å². The molecule has 1 fully saturated rings. The van der Waals surface area contributed by atoms with Gasteiger partial charge in [0.25, 0.3) is 0 Å². The molecule has 4 nitrogen and oxygen atoms in total. The molecule has 0 saturated heterocycles. The molecule has 0 spiro atoms. The van der Waals surface area contributed by atoms with Crippen LogP contribution in [0.3, 0.4) is 0 Å². The highest BCUT2D eigenvalue weighted by molar-refractivity contribution is 5.77. The molecule has 0 aliphatic heterocycles. The third-order valence-corrected chi connectivity index (χ3v) is 5.12. The Hall–Kier alpha value is -1.39. The van der Waals surface area contributed by atoms with Crippen LogP contribution in [0.5, 0.6) is 0 Å². The van der Waals surface area contributed by atoms with Gasteiger partial charge in [0.05, 0.1) is 13.2 Å². The van der Waals surface area contributed by atoms with Gasteiger partial charge in [-0.1, -0.05) is 43.7 Å². The molecule has 1 saturated carbocycles. The van der Waals surface area contributed by atoms with E-state index in [2.05, 4.69) is 55.3 Å². The van der Waals surface area contributed by atoms with Gasteiger partial charge in [-0.3, -0.25) is 4.79 Å². The fourth-order valence-corrected chi connectivity index (χ4v) is 3.24. The molecule has 1 aromatic rings. The van der Waals surface area contributed by atoms with E-state index in [0.717, 1.165) is 26.2 Å². The van der Waals surface area contributed by atoms with Crippen molar-refractivity contribution < 1.29 is 9.53 Å². The van der Waals surface area contributed by atoms with E-state index in [9.17, 15) is 4.79 Å². The molecule has 2 rings (SSSR count). The minimum atomic E-state index is 0.143. The third-order valence-electron chi connectivity index (χ3n) is 5.12. The quantitative estimate of drug-likeness (QED) is 0.590. The number of benzene rings is 1. The Kier molecular flexibility index (Phi) is 8.42. The highest BCUT2D eigenvalue weighted by Gasteiger charge is 2.33. The van der Waals surface area contributed by atoms with Crippen LogP contribution in [0.25, 0.3) is 0 Å². The van der Waals surface area contributed by atoms with Crippen molar-refractivity contribution in [3.8, 4) is 0 Å². The lowest BCUT2D eigenvalue weighted by Crippen LogP contribution is -2.31. The second-order valence-corrected chi connectivity index (χ2v) is 7.05. The summed E-state index contributed by atoms with van der Waals surface area (Å²) in [7, 11) is 0. The number of aryl methyl sites for hydroxylation is 1. The van der Waals surface area contributed by atoms with Crippen molar-refractivity contribution in [2.45, 2.75) is 46.0 Å². The lowest BCUT2D eigenvalue weighted by Gasteiger charge is -2.18. The molecule has 1 aliphatic rings. The first-order chi connectivity index (χ1) is 12.1. The monoisotopic (exact) mass is 346 g/mol. The molecule has 1 amide bonds. The zero-order chi connectivity index (χ0) is 18.1. The third kappa shape index (κ3) is 7.17. The first kappa shape index (κ1) is 19.9. The van der Waals surface area contributed by atoms with Gasteiger partial charge in [-0.25, -0.2) is 0 Å². The van der Waals surface area contributed by atoms with E-state index in [1.54, 1.807) is 0 Å². The fraction of sp³-hybridized carbons (Fsp3) is 0.667. The van der Waals surface area contributed by atoms with E-state index in [-0.39, 0.29) is 5.91 Å². The molecule has 0 aromatic heterocycles. The number of nitrogens with zero attached hydrogens (tertiary/aromatic N) is 1. The minimum Gasteiger partial charge on any atom is -0.378 e. The molecule has 1 unspecified atom stereocenters. The number of likely N-dealkylation sites (N-methyl/N-ethyl adjacent to an activating group) is 1. The molecular weight excluding hydrogens is 312 g/mol. The smallest absolute Gasteiger partial charge is 0.220 e. The molecule has 140 valence electrons. The standard InChI is InChI=1S/C21H34N2O2/c1-4-23(5-2)13-15-25-14-12-22-21(24)16-20(19-10-11-19)18-8-6-17(3)7-9-18/h6-9,19-20H,4-5,10-16H2,1-3H3,(H,22,24). The maximum Gasteiger partial charge on any atom is 0.220 e. The van der Waals surface area contributed by atoms with Crippen molar-refractivity contribution in [2.75, 3.05) is 39.4 Å². The lowest BCUT2D eigenvalue weighted by atomic mass is 9.90. The van der Waals surface area contributed by atoms with Gasteiger partial charge in [0.1, 0.15) is 0 Å². The van der Waals surface area contributed by atoms with Crippen LogP contribution in [0, 0.1) is 12.8 Å². The average Bonchev–Trinajstić information content (AvgIpc) is 3.45. The second-order valence-electron chi connectivity index (χ2n) is 7.05. The van der Waals surface area contributed by atoms with Crippen LogP contribution >= 0.6 is 0 Å². The lowest BCUT2D eigenvalue weighted by molar-refractivity contribution is -0.121. The summed E-state index contributed by atoms with van der Waals surface area (Å²) in [5.74, 6) is 1.19. The molecule has 1 aromatic carbocycles. The Morgan fingerprint density at radius 3 is 2.48 bits per heavy atom. The summed E-state index contributed by atoms with van der Waals surface area (Å²) >= 11 is 0. The molecule has 0 bridgehead atoms. The topological polar surface area (TPSA) is 41.6 Å². The van der Waals surface area contributed by atoms with Crippen LogP contribution in [0.2, 0.25) is 0 Å². The van der Waals surface area contributed by atoms with Gasteiger partial charge in [-0.15, -0.1) is 0 Å². The molecule has 1 atom stereocenters. The number of carbonyl (C=O) groups excluding carboxylic acids is 1. The van der Waals surface area contributed by atoms with E-state index in [0.29, 0.717) is 31.4 Å². The zero-order valence-electron chi connectivity index (χ0n) is 16.1. The summed E-state index contributed by atoms with van der Waals surface area (Å²) in [6.45, 7) is 11.4. The summed E-state index contributed by atoms with van der Waals surface area (Å²) in [5.41, 5.74) is 2.57. The predicted octanol–water partition coefficient (Wildman–Crippen LogP) is 3.35. The van der Waals surface area contributed by atoms with Gasteiger partial charge in [0.2, 0.25) is 5.91 Å². The minimum absolute atomic E-state index is 0.143. The van der Waals surface area contributed by atoms with Crippen LogP contribution < -0.4 is 5.32 Å². The molecule has 0 radical (unpaired) electrons. The Balaban J connectivity index is 1.65. The first-order valence-corrected chi connectivity index (χ1v) is 9.77. The van der Waals surface area contributed by atoms with Gasteiger partial charge in [0, 0.05) is 19.5 Å². The van der Waals surface area contributed by atoms with E-state index in [1.807, 2.05) is 0 Å². The average molecular weight is 347 g/mol. The fourth-order valence-electron chi connectivity index (χ4n) is 3.24. The highest BCUT2D eigenvalue weighted by atomic mass is 16.5. The van der Waals surface area contributed by atoms with E-state index in [4.69, 9.17) is 4.74 Å². The molecule has 0 heterocycles. The van der Waals surface area contributed by atoms with Gasteiger partial charge < -0.3 is 15.0 Å². The summed E-state index contributed by atoms with van der Waals surface area (Å²) in [4.78, 5) is 14.6. The highest BCUT2D eigenvalue weighted by Crippen LogP contribution is 2.44. The van der Waals surface area contributed by atoms with Crippen molar-refractivity contribution >= 4 is 5.91 Å². The number of ether oxygens (including phenoxy) is 1. The summed E-state index contributed by atoms with van der Waals surface area (Å²) < 4.78 is 5.62. The number of hydrogen-bond acceptors (Lipinski definition) is 3. The Morgan fingerprint density at radius 2 is 1.88 bits per heavy atom. The molecule has 25 heavy (non-hydrogen) atoms. The molecule has 4 heteroatoms. The normalized spacial score (nSPS) is 15.4. The molecule has 1 N–H and O–H groups in total. The van der Waals surface area contributed by atoms with Crippen LogP contribution in [0.1, 0.15) is 50.2 Å². The summed E-state index contributed by atoms with van der Waals surface area (Å²) in [5, 5.41) is 3.02. The van der Waals surface area contributed by atoms with Gasteiger partial charge in [-0.2, -0.15) is 0 Å². The predicted molar refractivity (Wildman–Crippen MR) is 103 cm³/mol. The largest absolute Gasteiger partial charge is 0.378 e. The number of amides is 1. The SMILES string of the molecule is CCN(CC)CCOCCNC(=O)CC(c1ccc(C)cc1)C1CC1. The van der Waals surface area contributed by atoms with Crippen molar-refractivity contribution in [2.24, 2.45) is 5.92 Å². The van der Waals surface area contributed by atoms with E-state index in [1.165, 1.54) is 24.0 Å². The van der Waals surface area contributed by atoms with Crippen LogP contribution in [0.4, 0.5) is 0 Å². The molecular formula is C21H34N2O2. The number of nitrogens with one attached hydrogen (secondary N) is 1. The van der Waals surface area contributed by atoms with Crippen molar-refractivity contribution in [3.63, 3.8) is 0 Å². The van der Waals surface area contributed by atoms with E-state index >= 15 is 0 Å². The van der Waals surface area contributed by atoms with Crippen molar-refractivity contribution in [3.05, 3.63) is 35.4 Å². The van der Waals surface area contributed by atoms with Gasteiger partial charge in [-0.05, 0) is 50.3 Å². The van der Waals surface area contributed by atoms with Crippen LogP contribution in [0.15, 0.2) is 24.3 Å². The van der Waals surface area contributed by atoms with Crippen molar-refractivity contribution in [1.29, 1.82) is 0 Å². The summed E-state index contributed by atoms with van der Waals surface area (Å²) in [6.07, 6.45) is 3.09. The van der Waals surface area contributed by atoms with Crippen LogP contribution in [-0.2, 0) is 9.53 Å². The van der Waals surface area contributed by atoms with Crippen molar-refractivity contribution in [1.82, 2.24) is 10.2 Å². The number of rotatable bonds is 12. The van der Waals surface area contributed by atoms with Gasteiger partial charge in [0.15, 0.2) is 0 Å². The second kappa shape index (κ2) is 10.6.